The summed E-state index contributed by atoms with van der Waals surface area (Å²) in [4.78, 5) is 0. The van der Waals surface area contributed by atoms with Crippen molar-refractivity contribution < 1.29 is 47.2 Å². The van der Waals surface area contributed by atoms with Gasteiger partial charge >= 0.3 is 0 Å². The monoisotopic (exact) mass is 291 g/mol. The maximum absolute atomic E-state index is 4.45. The van der Waals surface area contributed by atoms with E-state index in [-0.39, 0.29) is 47.2 Å². The van der Waals surface area contributed by atoms with Crippen molar-refractivity contribution in [2.24, 2.45) is 0 Å². The second kappa shape index (κ2) is 36.1. The summed E-state index contributed by atoms with van der Waals surface area (Å²) in [7, 11) is 4.45. The molecule has 1 radical (unpaired) electrons. The minimum absolute atomic E-state index is 0. The molecule has 0 aromatic rings. The Morgan fingerprint density at radius 1 is 1.00 bits per heavy atom. The Labute approximate surface area is 71.7 Å². The third kappa shape index (κ3) is 23.3. The molecule has 0 saturated carbocycles. The van der Waals surface area contributed by atoms with E-state index >= 15 is 0 Å². The van der Waals surface area contributed by atoms with Gasteiger partial charge in [0.2, 0.25) is 0 Å². The Morgan fingerprint density at radius 3 is 1.00 bits per heavy atom. The summed E-state index contributed by atoms with van der Waals surface area (Å²) in [6.07, 6.45) is 0. The van der Waals surface area contributed by atoms with Crippen molar-refractivity contribution in [2.75, 3.05) is 0 Å². The van der Waals surface area contributed by atoms with Gasteiger partial charge in [-0.2, -0.15) is 0 Å². The molecule has 0 aromatic heterocycles. The molecule has 0 unspecified atom stereocenters. The molecule has 0 N–H and O–H groups in total. The van der Waals surface area contributed by atoms with Gasteiger partial charge in [-0.05, 0) is 10.1 Å². The zero-order valence-electron chi connectivity index (χ0n) is 1.81. The molecule has 0 amide bonds. The summed E-state index contributed by atoms with van der Waals surface area (Å²) >= 11 is 2.41. The molecule has 0 rings (SSSR count). The molecule has 0 saturated heterocycles. The normalized spacial score (nSPS) is 1.20. The Morgan fingerprint density at radius 2 is 1.00 bits per heavy atom. The molecule has 0 aliphatic carbocycles. The average molecular weight is 294 g/mol. The van der Waals surface area contributed by atoms with E-state index < -0.39 is 0 Å². The van der Waals surface area contributed by atoms with Gasteiger partial charge in [0.25, 0.3) is 0 Å². The first-order chi connectivity index (χ1) is 1.00. The maximum Gasteiger partial charge on any atom is 0.0341 e. The number of halogens is 4. The van der Waals surface area contributed by atoms with Gasteiger partial charge < -0.3 is 24.8 Å². The van der Waals surface area contributed by atoms with Crippen molar-refractivity contribution in [3.63, 3.8) is 0 Å². The fraction of sp³-hybridized carbons (Fsp3) is 0. The second-order valence-electron chi connectivity index (χ2n) is 0. The first kappa shape index (κ1) is 27.5. The van der Waals surface area contributed by atoms with Gasteiger partial charge in [0, 0.05) is 37.4 Å². The SMILES string of the molecule is ClBr.[Ag].[Cl-].[Cl-]. The van der Waals surface area contributed by atoms with Crippen LogP contribution >= 0.6 is 25.1 Å². The van der Waals surface area contributed by atoms with E-state index in [2.05, 4.69) is 25.1 Å². The van der Waals surface area contributed by atoms with E-state index in [1.54, 1.807) is 0 Å². The third-order valence-corrected chi connectivity index (χ3v) is 0. The van der Waals surface area contributed by atoms with Crippen molar-refractivity contribution >= 4 is 25.1 Å². The molecule has 5 heteroatoms. The fourth-order valence-electron chi connectivity index (χ4n) is 0. The van der Waals surface area contributed by atoms with Crippen molar-refractivity contribution in [3.05, 3.63) is 0 Å². The fourth-order valence-corrected chi connectivity index (χ4v) is 0. The number of rotatable bonds is 0. The smallest absolute Gasteiger partial charge is 0.0341 e. The van der Waals surface area contributed by atoms with Crippen LogP contribution in [0.3, 0.4) is 0 Å². The summed E-state index contributed by atoms with van der Waals surface area (Å²) in [6.45, 7) is 0. The van der Waals surface area contributed by atoms with Crippen LogP contribution in [0.25, 0.3) is 0 Å². The van der Waals surface area contributed by atoms with Gasteiger partial charge in [0.1, 0.15) is 0 Å². The predicted molar refractivity (Wildman–Crippen MR) is 14.8 cm³/mol. The van der Waals surface area contributed by atoms with Gasteiger partial charge in [0.15, 0.2) is 0 Å². The van der Waals surface area contributed by atoms with E-state index in [1.807, 2.05) is 0 Å². The van der Waals surface area contributed by atoms with Crippen LogP contribution in [0.1, 0.15) is 0 Å². The largest absolute Gasteiger partial charge is 1.00 e. The van der Waals surface area contributed by atoms with E-state index in [0.29, 0.717) is 0 Å². The molecule has 0 atom stereocenters. The molecule has 41 valence electrons. The minimum atomic E-state index is 0. The van der Waals surface area contributed by atoms with Gasteiger partial charge in [-0.15, -0.1) is 0 Å². The van der Waals surface area contributed by atoms with Crippen LogP contribution in [0.4, 0.5) is 0 Å². The number of hydrogen-bond acceptors (Lipinski definition) is 0. The molecule has 0 nitrogen and oxygen atoms in total. The van der Waals surface area contributed by atoms with Crippen molar-refractivity contribution in [2.45, 2.75) is 0 Å². The van der Waals surface area contributed by atoms with E-state index in [4.69, 9.17) is 0 Å². The average Bonchev–Trinajstić information content (AvgIpc) is 1.00. The van der Waals surface area contributed by atoms with Gasteiger partial charge in [-0.1, -0.05) is 0 Å². The summed E-state index contributed by atoms with van der Waals surface area (Å²) in [6, 6.07) is 0. The van der Waals surface area contributed by atoms with Crippen LogP contribution in [-0.2, 0) is 22.4 Å². The predicted octanol–water partition coefficient (Wildman–Crippen LogP) is -4.46. The van der Waals surface area contributed by atoms with Gasteiger partial charge in [-0.3, -0.25) is 0 Å². The van der Waals surface area contributed by atoms with Crippen molar-refractivity contribution in [1.82, 2.24) is 0 Å². The van der Waals surface area contributed by atoms with Crippen LogP contribution in [0.5, 0.6) is 0 Å². The zero-order chi connectivity index (χ0) is 2.00. The molecule has 0 heterocycles. The zero-order valence-corrected chi connectivity index (χ0v) is 7.15. The van der Waals surface area contributed by atoms with Crippen LogP contribution in [0, 0.1) is 0 Å². The Bertz CT molecular complexity index is 6.85. The van der Waals surface area contributed by atoms with E-state index in [0.717, 1.165) is 0 Å². The van der Waals surface area contributed by atoms with Crippen molar-refractivity contribution in [1.29, 1.82) is 0 Å². The summed E-state index contributed by atoms with van der Waals surface area (Å²) in [5.74, 6) is 0. The topological polar surface area (TPSA) is 0 Å². The third-order valence-electron chi connectivity index (χ3n) is 0. The van der Waals surface area contributed by atoms with Crippen LogP contribution in [0.2, 0.25) is 0 Å². The summed E-state index contributed by atoms with van der Waals surface area (Å²) in [5.41, 5.74) is 0. The Hall–Kier alpha value is 2.09. The minimum Gasteiger partial charge on any atom is -1.00 e. The number of hydrogen-bond donors (Lipinski definition) is 0. The molecule has 0 fully saturated rings. The van der Waals surface area contributed by atoms with Crippen LogP contribution in [0.15, 0.2) is 0 Å². The molecule has 0 aromatic carbocycles. The Kier molecular flexibility index (Phi) is 199. The van der Waals surface area contributed by atoms with Crippen LogP contribution in [-0.4, -0.2) is 0 Å². The van der Waals surface area contributed by atoms with E-state index in [9.17, 15) is 0 Å². The molecular weight excluding hydrogens is 294 g/mol. The molecule has 0 spiro atoms. The summed E-state index contributed by atoms with van der Waals surface area (Å²) in [5, 5.41) is 0. The molecule has 0 aliphatic heterocycles. The standard InChI is InChI=1S/Ag.BrCl.2ClH/c;1-2;;/h;;2*1H/p-2. The molecule has 5 heavy (non-hydrogen) atoms. The Balaban J connectivity index is -0.00000000167. The maximum atomic E-state index is 4.45. The first-order valence-corrected chi connectivity index (χ1v) is 2.23. The quantitative estimate of drug-likeness (QED) is 0.396. The second-order valence-corrected chi connectivity index (χ2v) is 0. The summed E-state index contributed by atoms with van der Waals surface area (Å²) < 4.78 is 0. The molecule has 0 bridgehead atoms. The van der Waals surface area contributed by atoms with Gasteiger partial charge in [-0.25, -0.2) is 0 Å². The first-order valence-electron chi connectivity index (χ1n) is 0.143. The van der Waals surface area contributed by atoms with Crippen molar-refractivity contribution in [3.8, 4) is 0 Å². The molecular formula is AgBrCl3-2. The molecule has 0 aliphatic rings. The van der Waals surface area contributed by atoms with Crippen LogP contribution < -0.4 is 24.8 Å². The van der Waals surface area contributed by atoms with Gasteiger partial charge in [0.05, 0.1) is 0 Å². The van der Waals surface area contributed by atoms with E-state index in [1.165, 1.54) is 0 Å².